The van der Waals surface area contributed by atoms with Crippen molar-refractivity contribution in [2.24, 2.45) is 24.8 Å². The first-order valence-electron chi connectivity index (χ1n) is 14.1. The predicted molar refractivity (Wildman–Crippen MR) is 149 cm³/mol. The highest BCUT2D eigenvalue weighted by molar-refractivity contribution is 6.77. The molecule has 36 heavy (non-hydrogen) atoms. The molecule has 4 bridgehead atoms. The van der Waals surface area contributed by atoms with Gasteiger partial charge >= 0.3 is 0 Å². The Hall–Kier alpha value is -1.63. The Balaban J connectivity index is 1.54. The summed E-state index contributed by atoms with van der Waals surface area (Å²) in [5, 5.41) is 1.36. The number of aromatic nitrogens is 1. The molecular weight excluding hydrogens is 464 g/mol. The number of carbonyl (C=O) groups excluding carboxylic acids is 1. The fraction of sp³-hybridized carbons (Fsp3) is 0.700. The molecule has 5 heterocycles. The van der Waals surface area contributed by atoms with Crippen molar-refractivity contribution in [3.05, 3.63) is 29.5 Å². The van der Waals surface area contributed by atoms with Crippen molar-refractivity contribution in [1.82, 2.24) is 9.47 Å². The summed E-state index contributed by atoms with van der Waals surface area (Å²) < 4.78 is 15.2. The van der Waals surface area contributed by atoms with Crippen LogP contribution in [0, 0.1) is 17.8 Å². The summed E-state index contributed by atoms with van der Waals surface area (Å²) in [6.07, 6.45) is 2.10. The number of ether oxygens (including phenoxy) is 1. The van der Waals surface area contributed by atoms with E-state index in [1.54, 1.807) is 7.11 Å². The van der Waals surface area contributed by atoms with Crippen LogP contribution in [0.5, 0.6) is 5.75 Å². The zero-order valence-electron chi connectivity index (χ0n) is 23.8. The van der Waals surface area contributed by atoms with Crippen LogP contribution in [0.15, 0.2) is 18.2 Å². The molecule has 3 saturated heterocycles. The third-order valence-corrected chi connectivity index (χ3v) is 16.4. The second-order valence-electron chi connectivity index (χ2n) is 12.7. The predicted octanol–water partition coefficient (Wildman–Crippen LogP) is 6.50. The number of ketones is 1. The molecule has 6 atom stereocenters. The van der Waals surface area contributed by atoms with Gasteiger partial charge in [0.25, 0.3) is 0 Å². The number of nitrogens with zero attached hydrogens (tertiary/aromatic N) is 2. The monoisotopic (exact) mass is 510 g/mol. The van der Waals surface area contributed by atoms with E-state index in [9.17, 15) is 4.79 Å². The van der Waals surface area contributed by atoms with Gasteiger partial charge in [-0.05, 0) is 60.0 Å². The lowest BCUT2D eigenvalue weighted by atomic mass is 9.61. The number of methoxy groups -OCH3 is 1. The molecule has 5 nitrogen and oxygen atoms in total. The van der Waals surface area contributed by atoms with E-state index in [1.807, 2.05) is 6.92 Å². The first-order valence-corrected chi connectivity index (χ1v) is 16.2. The highest BCUT2D eigenvalue weighted by Crippen LogP contribution is 2.56. The molecule has 6 rings (SSSR count). The smallest absolute Gasteiger partial charge is 0.200 e. The molecule has 3 fully saturated rings. The van der Waals surface area contributed by atoms with Gasteiger partial charge in [-0.25, -0.2) is 0 Å². The molecule has 0 saturated carbocycles. The molecule has 0 spiro atoms. The number of carbonyl (C=O) groups is 1. The Labute approximate surface area is 218 Å². The lowest BCUT2D eigenvalue weighted by Gasteiger charge is -2.60. The van der Waals surface area contributed by atoms with E-state index in [1.165, 1.54) is 22.2 Å². The maximum Gasteiger partial charge on any atom is 0.200 e. The van der Waals surface area contributed by atoms with Crippen LogP contribution in [0.25, 0.3) is 10.9 Å². The molecule has 4 aliphatic heterocycles. The summed E-state index contributed by atoms with van der Waals surface area (Å²) in [6.45, 7) is 17.7. The summed E-state index contributed by atoms with van der Waals surface area (Å²) in [7, 11) is 1.98. The standard InChI is InChI=1S/C30H46N2O3Si/c1-17(2)36(18(3)4,19(5)6)35-16-26-23-13-29-30-24(14-28(26)32(29)15-25(23)20(7)33)22-11-10-21(34-9)12-27(22)31(30)8/h10-12,17-19,23,25-26,28-29H,13-16H2,1-9H3/t23-,25?,26?,28-,29-/m0/s1. The Morgan fingerprint density at radius 3 is 2.36 bits per heavy atom. The molecule has 1 aromatic carbocycles. The van der Waals surface area contributed by atoms with Crippen molar-refractivity contribution >= 4 is 25.0 Å². The molecule has 2 aromatic rings. The third kappa shape index (κ3) is 3.65. The van der Waals surface area contributed by atoms with Crippen LogP contribution in [0.2, 0.25) is 16.6 Å². The lowest BCUT2D eigenvalue weighted by Crippen LogP contribution is -2.65. The highest BCUT2D eigenvalue weighted by Gasteiger charge is 2.57. The van der Waals surface area contributed by atoms with Gasteiger partial charge in [0.2, 0.25) is 0 Å². The Morgan fingerprint density at radius 1 is 1.11 bits per heavy atom. The first-order chi connectivity index (χ1) is 17.0. The number of hydrogen-bond donors (Lipinski definition) is 0. The zero-order chi connectivity index (χ0) is 26.1. The summed E-state index contributed by atoms with van der Waals surface area (Å²) in [4.78, 5) is 15.5. The topological polar surface area (TPSA) is 43.7 Å². The molecule has 6 heteroatoms. The molecular formula is C30H46N2O3Si. The van der Waals surface area contributed by atoms with E-state index in [2.05, 4.69) is 76.3 Å². The fourth-order valence-electron chi connectivity index (χ4n) is 8.85. The van der Waals surface area contributed by atoms with Crippen molar-refractivity contribution in [3.63, 3.8) is 0 Å². The molecule has 198 valence electrons. The lowest BCUT2D eigenvalue weighted by molar-refractivity contribution is -0.144. The second-order valence-corrected chi connectivity index (χ2v) is 18.2. The van der Waals surface area contributed by atoms with E-state index in [0.29, 0.717) is 46.3 Å². The highest BCUT2D eigenvalue weighted by atomic mass is 28.4. The molecule has 0 amide bonds. The fourth-order valence-corrected chi connectivity index (χ4v) is 14.3. The van der Waals surface area contributed by atoms with E-state index in [0.717, 1.165) is 31.7 Å². The summed E-state index contributed by atoms with van der Waals surface area (Å²) in [6, 6.07) is 7.36. The van der Waals surface area contributed by atoms with Gasteiger partial charge in [-0.1, -0.05) is 41.5 Å². The Kier molecular flexibility index (Phi) is 6.70. The molecule has 0 aliphatic carbocycles. The number of Topliss-reactive ketones (excluding diaryl/α,β-unsaturated/α-hetero) is 1. The summed E-state index contributed by atoms with van der Waals surface area (Å²) in [5.74, 6) is 2.21. The van der Waals surface area contributed by atoms with Crippen molar-refractivity contribution in [3.8, 4) is 5.75 Å². The number of hydrogen-bond acceptors (Lipinski definition) is 4. The molecule has 0 radical (unpaired) electrons. The van der Waals surface area contributed by atoms with Crippen molar-refractivity contribution in [2.45, 2.75) is 90.0 Å². The van der Waals surface area contributed by atoms with Crippen LogP contribution in [-0.4, -0.2) is 49.9 Å². The average molecular weight is 511 g/mol. The maximum atomic E-state index is 12.8. The van der Waals surface area contributed by atoms with Crippen LogP contribution in [-0.2, 0) is 22.7 Å². The van der Waals surface area contributed by atoms with Gasteiger partial charge in [-0.2, -0.15) is 0 Å². The van der Waals surface area contributed by atoms with Crippen LogP contribution >= 0.6 is 0 Å². The van der Waals surface area contributed by atoms with Crippen LogP contribution in [0.3, 0.4) is 0 Å². The quantitative estimate of drug-likeness (QED) is 0.380. The number of aryl methyl sites for hydroxylation is 1. The van der Waals surface area contributed by atoms with E-state index in [-0.39, 0.29) is 5.92 Å². The van der Waals surface area contributed by atoms with Crippen LogP contribution in [0.4, 0.5) is 0 Å². The van der Waals surface area contributed by atoms with E-state index >= 15 is 0 Å². The maximum absolute atomic E-state index is 12.8. The third-order valence-electron chi connectivity index (χ3n) is 10.3. The van der Waals surface area contributed by atoms with Crippen LogP contribution in [0.1, 0.15) is 72.2 Å². The Bertz CT molecular complexity index is 1130. The van der Waals surface area contributed by atoms with Gasteiger partial charge in [-0.15, -0.1) is 0 Å². The largest absolute Gasteiger partial charge is 0.497 e. The molecule has 4 aliphatic rings. The number of piperidine rings is 3. The van der Waals surface area contributed by atoms with Gasteiger partial charge in [0.05, 0.1) is 18.7 Å². The van der Waals surface area contributed by atoms with Crippen molar-refractivity contribution < 1.29 is 14.0 Å². The first kappa shape index (κ1) is 26.0. The number of fused-ring (bicyclic) bond motifs is 4. The Morgan fingerprint density at radius 2 is 1.78 bits per heavy atom. The normalized spacial score (nSPS) is 29.4. The van der Waals surface area contributed by atoms with Gasteiger partial charge in [0.1, 0.15) is 11.5 Å². The van der Waals surface area contributed by atoms with E-state index < -0.39 is 8.32 Å². The molecule has 1 aromatic heterocycles. The van der Waals surface area contributed by atoms with Gasteiger partial charge in [0.15, 0.2) is 8.32 Å². The zero-order valence-corrected chi connectivity index (χ0v) is 24.8. The molecule has 0 N–H and O–H groups in total. The minimum absolute atomic E-state index is 0.135. The SMILES string of the molecule is COc1ccc2c3c(n(C)c2c1)[C@@H]1C[C@H]2C(C(C)=O)CN1[C@@H](C3)C2CO[Si](C(C)C)(C(C)C)C(C)C. The van der Waals surface area contributed by atoms with Gasteiger partial charge in [0, 0.05) is 55.2 Å². The summed E-state index contributed by atoms with van der Waals surface area (Å²) >= 11 is 0. The second kappa shape index (κ2) is 9.28. The number of rotatable bonds is 8. The van der Waals surface area contributed by atoms with Crippen molar-refractivity contribution in [1.29, 1.82) is 0 Å². The summed E-state index contributed by atoms with van der Waals surface area (Å²) in [5.41, 5.74) is 5.93. The van der Waals surface area contributed by atoms with E-state index in [4.69, 9.17) is 9.16 Å². The minimum atomic E-state index is -1.97. The van der Waals surface area contributed by atoms with Crippen LogP contribution < -0.4 is 4.74 Å². The van der Waals surface area contributed by atoms with Gasteiger partial charge in [-0.3, -0.25) is 9.69 Å². The minimum Gasteiger partial charge on any atom is -0.497 e. The molecule has 3 unspecified atom stereocenters. The van der Waals surface area contributed by atoms with Crippen molar-refractivity contribution in [2.75, 3.05) is 20.3 Å². The van der Waals surface area contributed by atoms with Gasteiger partial charge < -0.3 is 13.7 Å². The number of benzene rings is 1. The average Bonchev–Trinajstić information content (AvgIpc) is 3.10.